The van der Waals surface area contributed by atoms with Gasteiger partial charge in [-0.1, -0.05) is 0 Å². The van der Waals surface area contributed by atoms with Gasteiger partial charge in [0.25, 0.3) is 5.92 Å². The summed E-state index contributed by atoms with van der Waals surface area (Å²) in [5.74, 6) is -2.78. The second kappa shape index (κ2) is 6.50. The summed E-state index contributed by atoms with van der Waals surface area (Å²) in [6.07, 6.45) is -0.212. The standard InChI is InChI=1S/C21H23F3N4O2/c1-10-16(22)9-28(10)20-15(6-25)18-13(2-3-21(18,23)24)19(26-20)27-7-11-4-12(8-27)14(11)5-17(29)30/h10-12,14,16H,2-5,7-9H2,1H3,(H,29,30)/t10-,11-,12+,14?,16?/m0/s1. The number of nitrogens with zero attached hydrogens (tertiary/aromatic N) is 4. The van der Waals surface area contributed by atoms with Crippen LogP contribution in [0.2, 0.25) is 0 Å². The Bertz CT molecular complexity index is 951. The Hall–Kier alpha value is -2.50. The second-order valence-corrected chi connectivity index (χ2v) is 9.14. The highest BCUT2D eigenvalue weighted by Crippen LogP contribution is 2.52. The molecule has 4 fully saturated rings. The number of halogens is 3. The van der Waals surface area contributed by atoms with Crippen LogP contribution in [0.4, 0.5) is 24.8 Å². The Labute approximate surface area is 172 Å². The molecule has 0 radical (unpaired) electrons. The number of alkyl halides is 3. The molecule has 4 heterocycles. The molecule has 6 rings (SSSR count). The summed E-state index contributed by atoms with van der Waals surface area (Å²) in [6, 6.07) is 1.41. The molecule has 0 amide bonds. The van der Waals surface area contributed by atoms with Crippen molar-refractivity contribution in [3.05, 3.63) is 16.7 Å². The van der Waals surface area contributed by atoms with Crippen LogP contribution in [0.3, 0.4) is 0 Å². The molecule has 1 aromatic rings. The third-order valence-corrected chi connectivity index (χ3v) is 7.52. The van der Waals surface area contributed by atoms with Crippen LogP contribution in [0.15, 0.2) is 0 Å². The smallest absolute Gasteiger partial charge is 0.303 e. The number of anilines is 2. The van der Waals surface area contributed by atoms with Gasteiger partial charge in [0.1, 0.15) is 29.4 Å². The Morgan fingerprint density at radius 2 is 2.00 bits per heavy atom. The van der Waals surface area contributed by atoms with Gasteiger partial charge in [-0.15, -0.1) is 0 Å². The van der Waals surface area contributed by atoms with Gasteiger partial charge in [0.05, 0.1) is 12.6 Å². The summed E-state index contributed by atoms with van der Waals surface area (Å²) in [5.41, 5.74) is 0.0307. The minimum Gasteiger partial charge on any atom is -0.481 e. The number of carbonyl (C=O) groups is 1. The number of pyridine rings is 1. The molecule has 2 bridgehead atoms. The van der Waals surface area contributed by atoms with Crippen LogP contribution in [-0.2, 0) is 17.1 Å². The SMILES string of the molecule is C[C@H]1C(F)CN1c1nc(N2C[C@H]3C[C@@H](C2)C3CC(=O)O)c2c(c1C#N)C(F)(F)CC2. The molecule has 160 valence electrons. The summed E-state index contributed by atoms with van der Waals surface area (Å²) in [7, 11) is 0. The van der Waals surface area contributed by atoms with Crippen LogP contribution < -0.4 is 9.80 Å². The third kappa shape index (κ3) is 2.69. The lowest BCUT2D eigenvalue weighted by atomic mass is 9.60. The van der Waals surface area contributed by atoms with E-state index in [-0.39, 0.29) is 60.5 Å². The van der Waals surface area contributed by atoms with Crippen LogP contribution >= 0.6 is 0 Å². The molecular weight excluding hydrogens is 397 g/mol. The molecule has 1 N–H and O–H groups in total. The van der Waals surface area contributed by atoms with Crippen molar-refractivity contribution in [1.82, 2.24) is 4.98 Å². The van der Waals surface area contributed by atoms with E-state index in [2.05, 4.69) is 4.98 Å². The molecule has 6 nitrogen and oxygen atoms in total. The molecule has 2 aliphatic carbocycles. The number of carboxylic acid groups (broad SMARTS) is 1. The molecule has 0 spiro atoms. The zero-order chi connectivity index (χ0) is 21.4. The van der Waals surface area contributed by atoms with E-state index in [9.17, 15) is 23.2 Å². The third-order valence-electron chi connectivity index (χ3n) is 7.52. The molecule has 1 aromatic heterocycles. The van der Waals surface area contributed by atoms with Crippen molar-refractivity contribution in [3.63, 3.8) is 0 Å². The first kappa shape index (κ1) is 19.5. The van der Waals surface area contributed by atoms with Gasteiger partial charge in [0, 0.05) is 37.1 Å². The van der Waals surface area contributed by atoms with Crippen LogP contribution in [0.25, 0.3) is 0 Å². The average Bonchev–Trinajstić information content (AvgIpc) is 3.04. The highest BCUT2D eigenvalue weighted by Gasteiger charge is 2.51. The number of nitriles is 1. The van der Waals surface area contributed by atoms with Gasteiger partial charge in [-0.3, -0.25) is 4.79 Å². The molecule has 2 unspecified atom stereocenters. The zero-order valence-electron chi connectivity index (χ0n) is 16.6. The largest absolute Gasteiger partial charge is 0.481 e. The molecule has 0 aromatic carbocycles. The van der Waals surface area contributed by atoms with E-state index in [1.165, 1.54) is 0 Å². The lowest BCUT2D eigenvalue weighted by Crippen LogP contribution is -2.58. The van der Waals surface area contributed by atoms with Crippen molar-refractivity contribution in [2.24, 2.45) is 17.8 Å². The van der Waals surface area contributed by atoms with Crippen molar-refractivity contribution >= 4 is 17.6 Å². The Kier molecular flexibility index (Phi) is 4.21. The molecule has 1 saturated carbocycles. The number of hydrogen-bond donors (Lipinski definition) is 1. The van der Waals surface area contributed by atoms with E-state index in [4.69, 9.17) is 5.11 Å². The molecular formula is C21H23F3N4O2. The zero-order valence-corrected chi connectivity index (χ0v) is 16.6. The summed E-state index contributed by atoms with van der Waals surface area (Å²) in [4.78, 5) is 19.4. The highest BCUT2D eigenvalue weighted by molar-refractivity contribution is 5.71. The minimum atomic E-state index is -3.11. The fraction of sp³-hybridized carbons (Fsp3) is 0.667. The number of piperidine rings is 2. The number of carboxylic acids is 1. The summed E-state index contributed by atoms with van der Waals surface area (Å²) < 4.78 is 43.4. The van der Waals surface area contributed by atoms with Gasteiger partial charge in [0.15, 0.2) is 0 Å². The van der Waals surface area contributed by atoms with Gasteiger partial charge < -0.3 is 14.9 Å². The van der Waals surface area contributed by atoms with Gasteiger partial charge in [-0.25, -0.2) is 18.2 Å². The molecule has 5 atom stereocenters. The number of fused-ring (bicyclic) bond motifs is 3. The number of hydrogen-bond acceptors (Lipinski definition) is 5. The van der Waals surface area contributed by atoms with E-state index in [1.807, 2.05) is 11.0 Å². The van der Waals surface area contributed by atoms with E-state index in [1.54, 1.807) is 11.8 Å². The van der Waals surface area contributed by atoms with Crippen molar-refractivity contribution in [3.8, 4) is 6.07 Å². The average molecular weight is 420 g/mol. The van der Waals surface area contributed by atoms with Crippen LogP contribution in [0.1, 0.15) is 42.9 Å². The number of aliphatic carboxylic acids is 1. The van der Waals surface area contributed by atoms with Crippen molar-refractivity contribution < 1.29 is 23.1 Å². The van der Waals surface area contributed by atoms with E-state index in [0.29, 0.717) is 24.5 Å². The Morgan fingerprint density at radius 3 is 2.57 bits per heavy atom. The maximum atomic E-state index is 14.8. The first-order valence-electron chi connectivity index (χ1n) is 10.4. The summed E-state index contributed by atoms with van der Waals surface area (Å²) in [6.45, 7) is 2.85. The van der Waals surface area contributed by atoms with E-state index >= 15 is 0 Å². The van der Waals surface area contributed by atoms with Crippen molar-refractivity contribution in [2.75, 3.05) is 29.4 Å². The Morgan fingerprint density at radius 1 is 1.30 bits per heavy atom. The fourth-order valence-corrected chi connectivity index (χ4v) is 5.76. The maximum absolute atomic E-state index is 14.8. The lowest BCUT2D eigenvalue weighted by Gasteiger charge is -2.54. The van der Waals surface area contributed by atoms with Crippen molar-refractivity contribution in [2.45, 2.75) is 50.7 Å². The highest BCUT2D eigenvalue weighted by atomic mass is 19.3. The molecule has 3 saturated heterocycles. The molecule has 5 aliphatic rings. The summed E-state index contributed by atoms with van der Waals surface area (Å²) in [5, 5.41) is 18.8. The minimum absolute atomic E-state index is 0.0403. The van der Waals surface area contributed by atoms with Gasteiger partial charge in [-0.05, 0) is 37.5 Å². The first-order chi connectivity index (χ1) is 14.2. The fourth-order valence-electron chi connectivity index (χ4n) is 5.76. The van der Waals surface area contributed by atoms with Crippen LogP contribution in [0.5, 0.6) is 0 Å². The van der Waals surface area contributed by atoms with Crippen LogP contribution in [0, 0.1) is 29.1 Å². The number of aromatic nitrogens is 1. The second-order valence-electron chi connectivity index (χ2n) is 9.14. The quantitative estimate of drug-likeness (QED) is 0.806. The van der Waals surface area contributed by atoms with Gasteiger partial charge >= 0.3 is 5.97 Å². The topological polar surface area (TPSA) is 80.5 Å². The van der Waals surface area contributed by atoms with E-state index < -0.39 is 24.1 Å². The van der Waals surface area contributed by atoms with E-state index in [0.717, 1.165) is 6.42 Å². The van der Waals surface area contributed by atoms with Gasteiger partial charge in [-0.2, -0.15) is 5.26 Å². The monoisotopic (exact) mass is 420 g/mol. The predicted octanol–water partition coefficient (Wildman–Crippen LogP) is 3.08. The van der Waals surface area contributed by atoms with Crippen molar-refractivity contribution in [1.29, 1.82) is 5.26 Å². The summed E-state index contributed by atoms with van der Waals surface area (Å²) >= 11 is 0. The molecule has 9 heteroatoms. The van der Waals surface area contributed by atoms with Crippen LogP contribution in [-0.4, -0.2) is 47.9 Å². The first-order valence-corrected chi connectivity index (χ1v) is 10.4. The molecule has 3 aliphatic heterocycles. The Balaban J connectivity index is 1.55. The predicted molar refractivity (Wildman–Crippen MR) is 102 cm³/mol. The van der Waals surface area contributed by atoms with Gasteiger partial charge in [0.2, 0.25) is 0 Å². The molecule has 30 heavy (non-hydrogen) atoms. The number of rotatable bonds is 4. The lowest BCUT2D eigenvalue weighted by molar-refractivity contribution is -0.141. The normalized spacial score (nSPS) is 33.4. The maximum Gasteiger partial charge on any atom is 0.303 e.